The first-order valence-electron chi connectivity index (χ1n) is 7.69. The number of thiophene rings is 1. The van der Waals surface area contributed by atoms with Crippen molar-refractivity contribution >= 4 is 40.3 Å². The van der Waals surface area contributed by atoms with Gasteiger partial charge in [-0.05, 0) is 49.1 Å². The Bertz CT molecular complexity index is 985. The van der Waals surface area contributed by atoms with Gasteiger partial charge in [-0.2, -0.15) is 0 Å². The van der Waals surface area contributed by atoms with E-state index >= 15 is 0 Å². The van der Waals surface area contributed by atoms with Crippen molar-refractivity contribution in [2.24, 2.45) is 4.99 Å². The summed E-state index contributed by atoms with van der Waals surface area (Å²) in [6.45, 7) is 3.70. The van der Waals surface area contributed by atoms with E-state index in [9.17, 15) is 4.79 Å². The van der Waals surface area contributed by atoms with Gasteiger partial charge in [-0.3, -0.25) is 4.79 Å². The number of carbonyl (C=O) groups is 1. The van der Waals surface area contributed by atoms with Crippen molar-refractivity contribution in [3.05, 3.63) is 75.5 Å². The second-order valence-electron chi connectivity index (χ2n) is 5.73. The molecule has 2 heterocycles. The minimum atomic E-state index is 0.0635. The second kappa shape index (κ2) is 6.04. The number of carbonyl (C=O) groups excluding carboxylic acids is 1. The monoisotopic (exact) mass is 349 g/mol. The quantitative estimate of drug-likeness (QED) is 0.422. The first-order chi connectivity index (χ1) is 11.6. The lowest BCUT2D eigenvalue weighted by Crippen LogP contribution is -2.03. The number of benzene rings is 2. The van der Waals surface area contributed by atoms with Crippen molar-refractivity contribution in [2.75, 3.05) is 0 Å². The Morgan fingerprint density at radius 3 is 2.62 bits per heavy atom. The van der Waals surface area contributed by atoms with E-state index in [2.05, 4.69) is 42.6 Å². The number of hydrogen-bond donors (Lipinski definition) is 0. The molecule has 1 aromatic heterocycles. The topological polar surface area (TPSA) is 29.4 Å². The summed E-state index contributed by atoms with van der Waals surface area (Å²) in [6.07, 6.45) is 0. The SMILES string of the molecule is CC(=O)c1ccc2c(c1)N=C(c1sccc1C)c1ccccc1S2. The molecule has 0 aliphatic carbocycles. The molecule has 24 heavy (non-hydrogen) atoms. The zero-order chi connectivity index (χ0) is 16.7. The van der Waals surface area contributed by atoms with Gasteiger partial charge in [0, 0.05) is 20.9 Å². The highest BCUT2D eigenvalue weighted by Crippen LogP contribution is 2.42. The highest BCUT2D eigenvalue weighted by Gasteiger charge is 2.21. The van der Waals surface area contributed by atoms with E-state index in [4.69, 9.17) is 4.99 Å². The predicted molar refractivity (Wildman–Crippen MR) is 101 cm³/mol. The average Bonchev–Trinajstić information content (AvgIpc) is 2.92. The van der Waals surface area contributed by atoms with Crippen LogP contribution >= 0.6 is 23.1 Å². The van der Waals surface area contributed by atoms with E-state index < -0.39 is 0 Å². The van der Waals surface area contributed by atoms with E-state index in [-0.39, 0.29) is 5.78 Å². The lowest BCUT2D eigenvalue weighted by atomic mass is 10.1. The standard InChI is InChI=1S/C20H15NOS2/c1-12-9-10-23-20(12)19-15-5-3-4-6-17(15)24-18-8-7-14(13(2)22)11-16(18)21-19/h3-11H,1-2H3. The third kappa shape index (κ3) is 2.62. The summed E-state index contributed by atoms with van der Waals surface area (Å²) in [7, 11) is 0. The highest BCUT2D eigenvalue weighted by molar-refractivity contribution is 7.99. The van der Waals surface area contributed by atoms with Gasteiger partial charge >= 0.3 is 0 Å². The fourth-order valence-electron chi connectivity index (χ4n) is 2.75. The third-order valence-electron chi connectivity index (χ3n) is 4.04. The van der Waals surface area contributed by atoms with Crippen LogP contribution < -0.4 is 0 Å². The van der Waals surface area contributed by atoms with Gasteiger partial charge in [-0.25, -0.2) is 4.99 Å². The van der Waals surface area contributed by atoms with Crippen LogP contribution in [0.1, 0.15) is 33.3 Å². The van der Waals surface area contributed by atoms with Gasteiger partial charge in [0.15, 0.2) is 5.78 Å². The molecular formula is C20H15NOS2. The molecule has 0 fully saturated rings. The number of hydrogen-bond acceptors (Lipinski definition) is 4. The van der Waals surface area contributed by atoms with Gasteiger partial charge < -0.3 is 0 Å². The summed E-state index contributed by atoms with van der Waals surface area (Å²) in [4.78, 5) is 20.2. The minimum absolute atomic E-state index is 0.0635. The molecule has 0 radical (unpaired) electrons. The number of aliphatic imine (C=N–C) groups is 1. The van der Waals surface area contributed by atoms with Crippen molar-refractivity contribution in [3.63, 3.8) is 0 Å². The van der Waals surface area contributed by atoms with Crippen molar-refractivity contribution in [1.29, 1.82) is 0 Å². The van der Waals surface area contributed by atoms with Crippen molar-refractivity contribution in [3.8, 4) is 0 Å². The van der Waals surface area contributed by atoms with Crippen LogP contribution in [0, 0.1) is 6.92 Å². The Morgan fingerprint density at radius 2 is 1.88 bits per heavy atom. The molecule has 1 aliphatic rings. The Balaban J connectivity index is 2.00. The van der Waals surface area contributed by atoms with Gasteiger partial charge in [0.1, 0.15) is 0 Å². The van der Waals surface area contributed by atoms with E-state index in [1.54, 1.807) is 30.0 Å². The van der Waals surface area contributed by atoms with Gasteiger partial charge in [-0.1, -0.05) is 36.0 Å². The molecule has 0 atom stereocenters. The van der Waals surface area contributed by atoms with Gasteiger partial charge in [0.25, 0.3) is 0 Å². The molecule has 118 valence electrons. The average molecular weight is 349 g/mol. The van der Waals surface area contributed by atoms with Crippen molar-refractivity contribution in [1.82, 2.24) is 0 Å². The molecule has 0 saturated heterocycles. The molecule has 0 unspecified atom stereocenters. The summed E-state index contributed by atoms with van der Waals surface area (Å²) in [5.74, 6) is 0.0635. The number of ketones is 1. The smallest absolute Gasteiger partial charge is 0.159 e. The lowest BCUT2D eigenvalue weighted by molar-refractivity contribution is 0.101. The number of rotatable bonds is 2. The molecule has 0 spiro atoms. The molecular weight excluding hydrogens is 334 g/mol. The number of aryl methyl sites for hydroxylation is 1. The summed E-state index contributed by atoms with van der Waals surface area (Å²) in [6, 6.07) is 16.3. The Morgan fingerprint density at radius 1 is 1.04 bits per heavy atom. The lowest BCUT2D eigenvalue weighted by Gasteiger charge is -2.08. The van der Waals surface area contributed by atoms with Crippen LogP contribution in [0.4, 0.5) is 5.69 Å². The Labute approximate surface area is 149 Å². The second-order valence-corrected chi connectivity index (χ2v) is 7.73. The Kier molecular flexibility index (Phi) is 3.87. The molecule has 4 rings (SSSR count). The largest absolute Gasteiger partial charge is 0.295 e. The maximum atomic E-state index is 11.7. The minimum Gasteiger partial charge on any atom is -0.295 e. The van der Waals surface area contributed by atoms with Crippen LogP contribution in [0.3, 0.4) is 0 Å². The summed E-state index contributed by atoms with van der Waals surface area (Å²) >= 11 is 3.42. The molecule has 0 N–H and O–H groups in total. The van der Waals surface area contributed by atoms with Gasteiger partial charge in [0.2, 0.25) is 0 Å². The molecule has 1 aliphatic heterocycles. The molecule has 0 amide bonds. The van der Waals surface area contributed by atoms with Crippen LogP contribution in [0.5, 0.6) is 0 Å². The predicted octanol–water partition coefficient (Wildman–Crippen LogP) is 5.89. The normalized spacial score (nSPS) is 12.8. The van der Waals surface area contributed by atoms with Crippen LogP contribution in [-0.2, 0) is 0 Å². The van der Waals surface area contributed by atoms with Crippen LogP contribution in [0.25, 0.3) is 0 Å². The summed E-state index contributed by atoms with van der Waals surface area (Å²) < 4.78 is 0. The molecule has 0 bridgehead atoms. The van der Waals surface area contributed by atoms with Crippen LogP contribution in [-0.4, -0.2) is 11.5 Å². The third-order valence-corrected chi connectivity index (χ3v) is 6.20. The first kappa shape index (κ1) is 15.4. The zero-order valence-electron chi connectivity index (χ0n) is 13.4. The number of fused-ring (bicyclic) bond motifs is 2. The van der Waals surface area contributed by atoms with Gasteiger partial charge in [0.05, 0.1) is 16.3 Å². The number of Topliss-reactive ketones (excluding diaryl/α,β-unsaturated/α-hetero) is 1. The van der Waals surface area contributed by atoms with E-state index in [0.29, 0.717) is 5.56 Å². The van der Waals surface area contributed by atoms with E-state index in [1.165, 1.54) is 15.3 Å². The number of nitrogens with zero attached hydrogens (tertiary/aromatic N) is 1. The van der Waals surface area contributed by atoms with Crippen molar-refractivity contribution < 1.29 is 4.79 Å². The van der Waals surface area contributed by atoms with E-state index in [1.807, 2.05) is 18.2 Å². The molecule has 3 aromatic rings. The van der Waals surface area contributed by atoms with Gasteiger partial charge in [-0.15, -0.1) is 11.3 Å². The Hall–Kier alpha value is -2.17. The summed E-state index contributed by atoms with van der Waals surface area (Å²) in [5.41, 5.74) is 4.93. The van der Waals surface area contributed by atoms with Crippen LogP contribution in [0.15, 0.2) is 68.7 Å². The fourth-order valence-corrected chi connectivity index (χ4v) is 4.68. The molecule has 0 saturated carbocycles. The maximum absolute atomic E-state index is 11.7. The van der Waals surface area contributed by atoms with Crippen LogP contribution in [0.2, 0.25) is 0 Å². The molecule has 2 aromatic carbocycles. The first-order valence-corrected chi connectivity index (χ1v) is 9.38. The maximum Gasteiger partial charge on any atom is 0.159 e. The van der Waals surface area contributed by atoms with Crippen molar-refractivity contribution in [2.45, 2.75) is 23.6 Å². The molecule has 2 nitrogen and oxygen atoms in total. The zero-order valence-corrected chi connectivity index (χ0v) is 15.0. The summed E-state index contributed by atoms with van der Waals surface area (Å²) in [5, 5.41) is 2.10. The molecule has 4 heteroatoms. The highest BCUT2D eigenvalue weighted by atomic mass is 32.2. The van der Waals surface area contributed by atoms with E-state index in [0.717, 1.165) is 21.9 Å². The fraction of sp³-hybridized carbons (Fsp3) is 0.100.